The van der Waals surface area contributed by atoms with Crippen LogP contribution in [0.2, 0.25) is 0 Å². The fourth-order valence-corrected chi connectivity index (χ4v) is 7.93. The number of carbonyl (C=O) groups is 2. The Morgan fingerprint density at radius 3 is 2.50 bits per heavy atom. The lowest BCUT2D eigenvalue weighted by atomic mass is 10.0. The molecule has 4 fully saturated rings. The first-order chi connectivity index (χ1) is 22.5. The molecule has 11 nitrogen and oxygen atoms in total. The van der Waals surface area contributed by atoms with Gasteiger partial charge in [-0.15, -0.1) is 0 Å². The average Bonchev–Trinajstić information content (AvgIpc) is 3.41. The lowest BCUT2D eigenvalue weighted by Gasteiger charge is -2.41. The van der Waals surface area contributed by atoms with Crippen molar-refractivity contribution in [2.24, 2.45) is 17.6 Å². The molecule has 6 heterocycles. The van der Waals surface area contributed by atoms with Gasteiger partial charge in [0.15, 0.2) is 5.82 Å². The maximum absolute atomic E-state index is 13.9. The molecule has 1 aromatic carbocycles. The zero-order valence-corrected chi connectivity index (χ0v) is 25.7. The van der Waals surface area contributed by atoms with E-state index in [1.54, 1.807) is 31.6 Å². The summed E-state index contributed by atoms with van der Waals surface area (Å²) in [5.41, 5.74) is 11.1. The predicted octanol–water partition coefficient (Wildman–Crippen LogP) is 4.13. The van der Waals surface area contributed by atoms with Crippen LogP contribution in [-0.4, -0.2) is 84.5 Å². The Hall–Kier alpha value is -4.77. The van der Waals surface area contributed by atoms with Gasteiger partial charge in [-0.1, -0.05) is 0 Å². The van der Waals surface area contributed by atoms with Crippen molar-refractivity contribution in [2.75, 3.05) is 26.7 Å². The third-order valence-electron chi connectivity index (χ3n) is 10.6. The van der Waals surface area contributed by atoms with Crippen LogP contribution in [-0.2, 0) is 6.54 Å². The number of nitrogens with two attached hydrogens (primary N) is 1. The van der Waals surface area contributed by atoms with E-state index in [0.29, 0.717) is 53.9 Å². The van der Waals surface area contributed by atoms with Gasteiger partial charge in [-0.3, -0.25) is 14.6 Å². The Kier molecular flexibility index (Phi) is 6.21. The van der Waals surface area contributed by atoms with Crippen molar-refractivity contribution < 1.29 is 14.3 Å². The number of ether oxygens (including phenoxy) is 1. The highest BCUT2D eigenvalue weighted by Crippen LogP contribution is 2.42. The van der Waals surface area contributed by atoms with E-state index in [1.807, 2.05) is 34.2 Å². The summed E-state index contributed by atoms with van der Waals surface area (Å²) in [4.78, 5) is 45.1. The largest absolute Gasteiger partial charge is 0.494 e. The second-order valence-corrected chi connectivity index (χ2v) is 13.4. The molecule has 2 bridgehead atoms. The summed E-state index contributed by atoms with van der Waals surface area (Å²) in [7, 11) is 1.64. The summed E-state index contributed by atoms with van der Waals surface area (Å²) in [5.74, 6) is 2.32. The number of aromatic nitrogens is 5. The van der Waals surface area contributed by atoms with Crippen molar-refractivity contribution in [3.63, 3.8) is 0 Å². The lowest BCUT2D eigenvalue weighted by molar-refractivity contribution is 0.0527. The van der Waals surface area contributed by atoms with E-state index >= 15 is 0 Å². The number of hydrogen-bond donors (Lipinski definition) is 1. The second-order valence-electron chi connectivity index (χ2n) is 13.4. The molecule has 0 spiro atoms. The highest BCUT2D eigenvalue weighted by atomic mass is 16.5. The first kappa shape index (κ1) is 27.5. The number of hydrogen-bond acceptors (Lipinski definition) is 7. The summed E-state index contributed by atoms with van der Waals surface area (Å²) in [6.07, 6.45) is 9.57. The Balaban J connectivity index is 1.17. The first-order valence-corrected chi connectivity index (χ1v) is 16.3. The van der Waals surface area contributed by atoms with Crippen LogP contribution in [0.15, 0.2) is 61.1 Å². The van der Waals surface area contributed by atoms with E-state index in [4.69, 9.17) is 20.4 Å². The summed E-state index contributed by atoms with van der Waals surface area (Å²) >= 11 is 0. The van der Waals surface area contributed by atoms with Gasteiger partial charge in [0.05, 0.1) is 24.4 Å². The second kappa shape index (κ2) is 10.4. The summed E-state index contributed by atoms with van der Waals surface area (Å²) < 4.78 is 10.5. The molecule has 234 valence electrons. The molecular formula is C35H36N8O3. The molecule has 5 aromatic rings. The van der Waals surface area contributed by atoms with Crippen molar-refractivity contribution >= 4 is 33.9 Å². The van der Waals surface area contributed by atoms with Gasteiger partial charge >= 0.3 is 0 Å². The van der Waals surface area contributed by atoms with Gasteiger partial charge in [0.2, 0.25) is 0 Å². The van der Waals surface area contributed by atoms with Gasteiger partial charge in [0.25, 0.3) is 11.8 Å². The maximum Gasteiger partial charge on any atom is 0.254 e. The SMILES string of the molecule is COc1cc(C(=O)N2C[C@H]3CC[C@@H]2[C@@H]3N)cc2nc(-c3cc4cccnc4n3CC3CC3)n(C3CN(C(=O)c4ccncc4)C3)c12. The van der Waals surface area contributed by atoms with Crippen molar-refractivity contribution in [1.82, 2.24) is 33.9 Å². The Labute approximate surface area is 266 Å². The smallest absolute Gasteiger partial charge is 0.254 e. The van der Waals surface area contributed by atoms with Gasteiger partial charge in [-0.05, 0) is 80.0 Å². The highest BCUT2D eigenvalue weighted by Gasteiger charge is 2.47. The van der Waals surface area contributed by atoms with Gasteiger partial charge in [0.1, 0.15) is 16.9 Å². The molecule has 9 rings (SSSR count). The third-order valence-corrected chi connectivity index (χ3v) is 10.6. The molecule has 2 saturated heterocycles. The maximum atomic E-state index is 13.9. The summed E-state index contributed by atoms with van der Waals surface area (Å²) in [6.45, 7) is 2.62. The standard InChI is InChI=1S/C35H36N8O3/c1-46-29-15-24(35(45)42-17-23-6-7-27(42)30(23)36)13-26-31(29)43(25-18-40(19-25)34(44)21-8-11-37-12-9-21)33(39-26)28-14-22-3-2-10-38-32(22)41(28)16-20-4-5-20/h2-3,8-15,20,23,25,27,30H,4-7,16-19,36H2,1H3/t23-,27-,30-/m1/s1. The van der Waals surface area contributed by atoms with E-state index in [9.17, 15) is 9.59 Å². The minimum atomic E-state index is -0.0334. The lowest BCUT2D eigenvalue weighted by Crippen LogP contribution is -2.50. The first-order valence-electron chi connectivity index (χ1n) is 16.3. The fourth-order valence-electron chi connectivity index (χ4n) is 7.93. The number of piperidine rings is 1. The van der Waals surface area contributed by atoms with Crippen LogP contribution in [0.4, 0.5) is 0 Å². The van der Waals surface area contributed by atoms with Crippen molar-refractivity contribution in [3.05, 3.63) is 72.2 Å². The monoisotopic (exact) mass is 616 g/mol. The number of fused-ring (bicyclic) bond motifs is 4. The zero-order chi connectivity index (χ0) is 31.1. The predicted molar refractivity (Wildman–Crippen MR) is 172 cm³/mol. The Morgan fingerprint density at radius 2 is 1.78 bits per heavy atom. The van der Waals surface area contributed by atoms with Crippen LogP contribution in [0, 0.1) is 11.8 Å². The Morgan fingerprint density at radius 1 is 0.957 bits per heavy atom. The van der Waals surface area contributed by atoms with Crippen LogP contribution in [0.3, 0.4) is 0 Å². The molecule has 2 aliphatic heterocycles. The number of carbonyl (C=O) groups excluding carboxylic acids is 2. The van der Waals surface area contributed by atoms with Gasteiger partial charge < -0.3 is 29.4 Å². The third kappa shape index (κ3) is 4.24. The molecule has 2 saturated carbocycles. The van der Waals surface area contributed by atoms with Crippen LogP contribution in [0.1, 0.15) is 52.4 Å². The quantitative estimate of drug-likeness (QED) is 0.292. The topological polar surface area (TPSA) is 124 Å². The molecule has 2 amide bonds. The molecule has 46 heavy (non-hydrogen) atoms. The number of likely N-dealkylation sites (tertiary alicyclic amines) is 2. The zero-order valence-electron chi connectivity index (χ0n) is 25.7. The molecule has 2 N–H and O–H groups in total. The molecule has 3 atom stereocenters. The van der Waals surface area contributed by atoms with E-state index in [-0.39, 0.29) is 29.9 Å². The van der Waals surface area contributed by atoms with Gasteiger partial charge in [-0.25, -0.2) is 9.97 Å². The van der Waals surface area contributed by atoms with Crippen molar-refractivity contribution in [1.29, 1.82) is 0 Å². The molecule has 11 heteroatoms. The number of imidazole rings is 1. The van der Waals surface area contributed by atoms with Crippen LogP contribution in [0.25, 0.3) is 33.6 Å². The number of pyridine rings is 2. The minimum Gasteiger partial charge on any atom is -0.494 e. The molecule has 0 unspecified atom stereocenters. The minimum absolute atomic E-state index is 0.0189. The number of nitrogens with zero attached hydrogens (tertiary/aromatic N) is 7. The molecule has 4 aromatic heterocycles. The number of methoxy groups -OCH3 is 1. The average molecular weight is 617 g/mol. The number of rotatable bonds is 7. The number of amides is 2. The van der Waals surface area contributed by atoms with Crippen molar-refractivity contribution in [3.8, 4) is 17.3 Å². The van der Waals surface area contributed by atoms with Crippen LogP contribution < -0.4 is 10.5 Å². The van der Waals surface area contributed by atoms with Crippen molar-refractivity contribution in [2.45, 2.75) is 50.4 Å². The number of benzene rings is 1. The van der Waals surface area contributed by atoms with Gasteiger partial charge in [0, 0.05) is 73.4 Å². The van der Waals surface area contributed by atoms with Gasteiger partial charge in [-0.2, -0.15) is 0 Å². The molecule has 2 aliphatic carbocycles. The van der Waals surface area contributed by atoms with Crippen LogP contribution >= 0.6 is 0 Å². The van der Waals surface area contributed by atoms with E-state index in [2.05, 4.69) is 26.3 Å². The highest BCUT2D eigenvalue weighted by molar-refractivity contribution is 6.01. The van der Waals surface area contributed by atoms with E-state index in [1.165, 1.54) is 12.8 Å². The normalized spacial score (nSPS) is 22.6. The van der Waals surface area contributed by atoms with E-state index < -0.39 is 0 Å². The summed E-state index contributed by atoms with van der Waals surface area (Å²) in [6, 6.07) is 13.6. The Bertz CT molecular complexity index is 2010. The fraction of sp³-hybridized carbons (Fsp3) is 0.400. The molecule has 0 radical (unpaired) electrons. The molecule has 4 aliphatic rings. The van der Waals surface area contributed by atoms with E-state index in [0.717, 1.165) is 47.5 Å². The summed E-state index contributed by atoms with van der Waals surface area (Å²) in [5, 5.41) is 1.06. The molecular weight excluding hydrogens is 580 g/mol. The van der Waals surface area contributed by atoms with Crippen LogP contribution in [0.5, 0.6) is 5.75 Å².